The van der Waals surface area contributed by atoms with Crippen LogP contribution in [-0.4, -0.2) is 9.97 Å². The predicted molar refractivity (Wildman–Crippen MR) is 58.2 cm³/mol. The molecule has 16 heavy (non-hydrogen) atoms. The maximum atomic E-state index is 11.3. The van der Waals surface area contributed by atoms with Crippen LogP contribution < -0.4 is 10.9 Å². The molecule has 2 aromatic rings. The van der Waals surface area contributed by atoms with Crippen LogP contribution in [0.1, 0.15) is 5.56 Å². The van der Waals surface area contributed by atoms with Gasteiger partial charge in [-0.25, -0.2) is 0 Å². The molecule has 0 spiro atoms. The predicted octanol–water partition coefficient (Wildman–Crippen LogP) is 1.62. The van der Waals surface area contributed by atoms with Crippen molar-refractivity contribution < 1.29 is 32.7 Å². The molecule has 1 aromatic heterocycles. The standard InChI is InChI=1S/C11H10N3O.Y/c1-8-7-12-11(14-10(8)15)13-9-5-3-2-4-6-9;/h2-6H,1H3,(H2,12,13,14,15);/q-1;. The molecule has 0 saturated carbocycles. The summed E-state index contributed by atoms with van der Waals surface area (Å²) in [4.78, 5) is 17.8. The number of hydrogen-bond donors (Lipinski definition) is 2. The Balaban J connectivity index is 0.00000128. The average molecular weight is 289 g/mol. The van der Waals surface area contributed by atoms with Gasteiger partial charge in [-0.3, -0.25) is 0 Å². The van der Waals surface area contributed by atoms with Gasteiger partial charge in [0.25, 0.3) is 0 Å². The van der Waals surface area contributed by atoms with E-state index in [2.05, 4.69) is 21.5 Å². The van der Waals surface area contributed by atoms with Crippen molar-refractivity contribution >= 4 is 11.6 Å². The Hall–Kier alpha value is -0.996. The number of aromatic amines is 1. The normalized spacial score (nSPS) is 9.31. The minimum absolute atomic E-state index is 0. The zero-order chi connectivity index (χ0) is 10.7. The second kappa shape index (κ2) is 5.92. The van der Waals surface area contributed by atoms with E-state index >= 15 is 0 Å². The molecular weight excluding hydrogens is 279 g/mol. The first-order valence-electron chi connectivity index (χ1n) is 4.56. The number of aryl methyl sites for hydroxylation is 1. The third-order valence-corrected chi connectivity index (χ3v) is 1.94. The van der Waals surface area contributed by atoms with E-state index in [9.17, 15) is 4.79 Å². The summed E-state index contributed by atoms with van der Waals surface area (Å²) in [7, 11) is 0. The summed E-state index contributed by atoms with van der Waals surface area (Å²) in [5, 5.41) is 2.97. The van der Waals surface area contributed by atoms with Crippen molar-refractivity contribution in [2.45, 2.75) is 6.92 Å². The van der Waals surface area contributed by atoms with Gasteiger partial charge in [-0.05, 0) is 12.1 Å². The van der Waals surface area contributed by atoms with E-state index in [1.807, 2.05) is 30.3 Å². The van der Waals surface area contributed by atoms with Gasteiger partial charge in [0.1, 0.15) is 5.56 Å². The van der Waals surface area contributed by atoms with Gasteiger partial charge in [0.15, 0.2) is 0 Å². The van der Waals surface area contributed by atoms with Crippen LogP contribution in [0.4, 0.5) is 11.6 Å². The van der Waals surface area contributed by atoms with Crippen molar-refractivity contribution in [1.82, 2.24) is 9.97 Å². The summed E-state index contributed by atoms with van der Waals surface area (Å²) >= 11 is 0. The zero-order valence-corrected chi connectivity index (χ0v) is 11.7. The Bertz CT molecular complexity index is 510. The molecule has 1 heterocycles. The van der Waals surface area contributed by atoms with E-state index in [0.717, 1.165) is 5.69 Å². The Morgan fingerprint density at radius 1 is 1.31 bits per heavy atom. The van der Waals surface area contributed by atoms with E-state index in [-0.39, 0.29) is 38.3 Å². The molecule has 0 atom stereocenters. The second-order valence-electron chi connectivity index (χ2n) is 3.14. The zero-order valence-electron chi connectivity index (χ0n) is 8.82. The fraction of sp³-hybridized carbons (Fsp3) is 0.0909. The fourth-order valence-electron chi connectivity index (χ4n) is 1.14. The first kappa shape index (κ1) is 13.1. The molecule has 0 fully saturated rings. The molecule has 0 amide bonds. The van der Waals surface area contributed by atoms with Crippen LogP contribution in [0.15, 0.2) is 35.1 Å². The van der Waals surface area contributed by atoms with E-state index in [4.69, 9.17) is 0 Å². The number of H-pyrrole nitrogens is 1. The quantitative estimate of drug-likeness (QED) is 0.826. The third-order valence-electron chi connectivity index (χ3n) is 1.94. The first-order valence-corrected chi connectivity index (χ1v) is 4.56. The summed E-state index contributed by atoms with van der Waals surface area (Å²) in [5.74, 6) is 0.400. The first-order chi connectivity index (χ1) is 7.25. The van der Waals surface area contributed by atoms with Crippen LogP contribution in [0, 0.1) is 13.1 Å². The van der Waals surface area contributed by atoms with Gasteiger partial charge in [-0.15, -0.1) is 0 Å². The number of benzene rings is 1. The number of nitrogens with one attached hydrogen (secondary N) is 2. The fourth-order valence-corrected chi connectivity index (χ4v) is 1.14. The Kier molecular flexibility index (Phi) is 4.83. The van der Waals surface area contributed by atoms with Crippen molar-refractivity contribution in [3.63, 3.8) is 0 Å². The van der Waals surface area contributed by atoms with Crippen LogP contribution in [-0.2, 0) is 32.7 Å². The topological polar surface area (TPSA) is 57.8 Å². The molecule has 0 unspecified atom stereocenters. The van der Waals surface area contributed by atoms with Crippen molar-refractivity contribution in [3.8, 4) is 0 Å². The summed E-state index contributed by atoms with van der Waals surface area (Å²) < 4.78 is 0. The molecule has 2 rings (SSSR count). The molecule has 2 N–H and O–H groups in total. The second-order valence-corrected chi connectivity index (χ2v) is 3.14. The van der Waals surface area contributed by atoms with Gasteiger partial charge in [-0.1, -0.05) is 36.9 Å². The minimum atomic E-state index is -0.177. The van der Waals surface area contributed by atoms with Crippen LogP contribution in [0.25, 0.3) is 0 Å². The van der Waals surface area contributed by atoms with Gasteiger partial charge in [0.2, 0.25) is 0 Å². The maximum absolute atomic E-state index is 11.3. The Labute approximate surface area is 118 Å². The van der Waals surface area contributed by atoms with Gasteiger partial charge in [0, 0.05) is 38.4 Å². The molecule has 0 saturated heterocycles. The van der Waals surface area contributed by atoms with Crippen LogP contribution in [0.5, 0.6) is 0 Å². The van der Waals surface area contributed by atoms with E-state index < -0.39 is 0 Å². The number of aromatic nitrogens is 2. The van der Waals surface area contributed by atoms with Gasteiger partial charge in [-0.2, -0.15) is 0 Å². The molecule has 1 radical (unpaired) electrons. The van der Waals surface area contributed by atoms with Crippen LogP contribution in [0.2, 0.25) is 0 Å². The minimum Gasteiger partial charge on any atom is -0.399 e. The number of para-hydroxylation sites is 1. The van der Waals surface area contributed by atoms with Gasteiger partial charge in [0.05, 0.1) is 5.95 Å². The molecular formula is C11H10N3OY-. The third kappa shape index (κ3) is 3.25. The number of rotatable bonds is 2. The smallest absolute Gasteiger partial charge is 0.140 e. The van der Waals surface area contributed by atoms with Crippen molar-refractivity contribution in [1.29, 1.82) is 0 Å². The number of hydrogen-bond acceptors (Lipinski definition) is 3. The summed E-state index contributed by atoms with van der Waals surface area (Å²) in [6.45, 7) is 1.66. The van der Waals surface area contributed by atoms with Gasteiger partial charge < -0.3 is 20.1 Å². The average Bonchev–Trinajstić information content (AvgIpc) is 2.25. The van der Waals surface area contributed by atoms with Crippen molar-refractivity contribution in [3.05, 3.63) is 52.4 Å². The van der Waals surface area contributed by atoms with Gasteiger partial charge >= 0.3 is 0 Å². The molecule has 4 nitrogen and oxygen atoms in total. The van der Waals surface area contributed by atoms with Crippen LogP contribution in [0.3, 0.4) is 0 Å². The van der Waals surface area contributed by atoms with E-state index in [0.29, 0.717) is 11.5 Å². The Morgan fingerprint density at radius 2 is 2.00 bits per heavy atom. The van der Waals surface area contributed by atoms with Crippen LogP contribution >= 0.6 is 0 Å². The van der Waals surface area contributed by atoms with Crippen molar-refractivity contribution in [2.24, 2.45) is 0 Å². The maximum Gasteiger partial charge on any atom is 0.140 e. The molecule has 79 valence electrons. The molecule has 0 aliphatic rings. The SMILES string of the molecule is Cc1[c-]nc(Nc2ccccc2)[nH]c1=O.[Y]. The summed E-state index contributed by atoms with van der Waals surface area (Å²) in [6, 6.07) is 9.50. The number of nitrogens with zero attached hydrogens (tertiary/aromatic N) is 1. The molecule has 5 heteroatoms. The molecule has 1 aromatic carbocycles. The molecule has 0 bridgehead atoms. The molecule has 0 aliphatic heterocycles. The molecule has 0 aliphatic carbocycles. The van der Waals surface area contributed by atoms with Crippen molar-refractivity contribution in [2.75, 3.05) is 5.32 Å². The number of anilines is 2. The largest absolute Gasteiger partial charge is 0.399 e. The summed E-state index contributed by atoms with van der Waals surface area (Å²) in [6.07, 6.45) is 2.63. The summed E-state index contributed by atoms with van der Waals surface area (Å²) in [5.41, 5.74) is 1.18. The monoisotopic (exact) mass is 289 g/mol. The van der Waals surface area contributed by atoms with E-state index in [1.54, 1.807) is 6.92 Å². The van der Waals surface area contributed by atoms with E-state index in [1.165, 1.54) is 0 Å². The Morgan fingerprint density at radius 3 is 2.62 bits per heavy atom.